The molecule has 0 unspecified atom stereocenters. The Balaban J connectivity index is 1.34. The number of halogens is 1. The van der Waals surface area contributed by atoms with E-state index in [1.54, 1.807) is 16.9 Å². The normalized spacial score (nSPS) is 14.8. The van der Waals surface area contributed by atoms with Gasteiger partial charge in [-0.3, -0.25) is 9.69 Å². The van der Waals surface area contributed by atoms with E-state index in [0.29, 0.717) is 29.3 Å². The number of hydrogen-bond acceptors (Lipinski definition) is 4. The lowest BCUT2D eigenvalue weighted by molar-refractivity contribution is 0.0630. The first-order valence-corrected chi connectivity index (χ1v) is 10.7. The van der Waals surface area contributed by atoms with Gasteiger partial charge in [0.15, 0.2) is 5.65 Å². The third-order valence-electron chi connectivity index (χ3n) is 5.69. The minimum atomic E-state index is -0.0295. The van der Waals surface area contributed by atoms with E-state index < -0.39 is 0 Å². The molecule has 2 aromatic carbocycles. The van der Waals surface area contributed by atoms with E-state index in [1.807, 2.05) is 41.3 Å². The molecule has 0 saturated carbocycles. The van der Waals surface area contributed by atoms with Gasteiger partial charge >= 0.3 is 0 Å². The molecule has 0 bridgehead atoms. The summed E-state index contributed by atoms with van der Waals surface area (Å²) in [6.07, 6.45) is 3.31. The van der Waals surface area contributed by atoms with E-state index in [-0.39, 0.29) is 5.91 Å². The van der Waals surface area contributed by atoms with E-state index in [1.165, 1.54) is 5.56 Å². The molecule has 7 heteroatoms. The minimum absolute atomic E-state index is 0.0295. The van der Waals surface area contributed by atoms with Crippen molar-refractivity contribution in [3.63, 3.8) is 0 Å². The predicted molar refractivity (Wildman–Crippen MR) is 121 cm³/mol. The van der Waals surface area contributed by atoms with Crippen LogP contribution in [0.1, 0.15) is 15.9 Å². The maximum Gasteiger partial charge on any atom is 0.259 e. The lowest BCUT2D eigenvalue weighted by Gasteiger charge is -2.34. The lowest BCUT2D eigenvalue weighted by atomic mass is 10.1. The van der Waals surface area contributed by atoms with Crippen LogP contribution in [0.4, 0.5) is 0 Å². The smallest absolute Gasteiger partial charge is 0.259 e. The number of amides is 1. The molecule has 156 valence electrons. The summed E-state index contributed by atoms with van der Waals surface area (Å²) in [5.41, 5.74) is 4.02. The van der Waals surface area contributed by atoms with E-state index in [9.17, 15) is 4.79 Å². The first-order valence-electron chi connectivity index (χ1n) is 10.3. The van der Waals surface area contributed by atoms with Crippen LogP contribution in [0.3, 0.4) is 0 Å². The third-order valence-corrected chi connectivity index (χ3v) is 6.02. The van der Waals surface area contributed by atoms with Crippen LogP contribution in [0.5, 0.6) is 0 Å². The van der Waals surface area contributed by atoms with Crippen molar-refractivity contribution in [1.82, 2.24) is 24.4 Å². The van der Waals surface area contributed by atoms with Crippen molar-refractivity contribution in [2.75, 3.05) is 26.2 Å². The summed E-state index contributed by atoms with van der Waals surface area (Å²) in [4.78, 5) is 22.0. The van der Waals surface area contributed by atoms with Crippen molar-refractivity contribution in [1.29, 1.82) is 0 Å². The molecule has 2 aromatic heterocycles. The largest absolute Gasteiger partial charge is 0.336 e. The Morgan fingerprint density at radius 2 is 1.68 bits per heavy atom. The Kier molecular flexibility index (Phi) is 5.40. The molecule has 1 saturated heterocycles. The van der Waals surface area contributed by atoms with Gasteiger partial charge in [0.2, 0.25) is 0 Å². The van der Waals surface area contributed by atoms with Crippen LogP contribution in [0.2, 0.25) is 5.02 Å². The molecule has 1 amide bonds. The molecule has 31 heavy (non-hydrogen) atoms. The molecule has 1 aliphatic heterocycles. The van der Waals surface area contributed by atoms with E-state index >= 15 is 0 Å². The van der Waals surface area contributed by atoms with Gasteiger partial charge in [-0.2, -0.15) is 5.10 Å². The zero-order valence-electron chi connectivity index (χ0n) is 17.0. The number of piperazine rings is 1. The van der Waals surface area contributed by atoms with Crippen molar-refractivity contribution in [3.8, 4) is 11.3 Å². The molecule has 5 rings (SSSR count). The van der Waals surface area contributed by atoms with E-state index in [4.69, 9.17) is 11.6 Å². The van der Waals surface area contributed by atoms with Gasteiger partial charge in [0.1, 0.15) is 5.56 Å². The summed E-state index contributed by atoms with van der Waals surface area (Å²) in [6, 6.07) is 19.9. The number of fused-ring (bicyclic) bond motifs is 1. The number of rotatable bonds is 4. The molecule has 0 N–H and O–H groups in total. The average molecular weight is 432 g/mol. The molecule has 0 aliphatic carbocycles. The van der Waals surface area contributed by atoms with Crippen molar-refractivity contribution < 1.29 is 4.79 Å². The van der Waals surface area contributed by atoms with Crippen molar-refractivity contribution in [3.05, 3.63) is 89.2 Å². The van der Waals surface area contributed by atoms with Gasteiger partial charge in [0.25, 0.3) is 5.91 Å². The molecule has 3 heterocycles. The summed E-state index contributed by atoms with van der Waals surface area (Å²) < 4.78 is 1.69. The Bertz CT molecular complexity index is 1220. The second-order valence-electron chi connectivity index (χ2n) is 7.66. The van der Waals surface area contributed by atoms with Crippen LogP contribution in [0, 0.1) is 0 Å². The van der Waals surface area contributed by atoms with Crippen molar-refractivity contribution in [2.45, 2.75) is 6.54 Å². The van der Waals surface area contributed by atoms with Crippen LogP contribution >= 0.6 is 11.6 Å². The summed E-state index contributed by atoms with van der Waals surface area (Å²) in [5, 5.41) is 5.09. The second kappa shape index (κ2) is 8.49. The standard InChI is InChI=1S/C24H22ClN5O/c25-21-9-5-4-8-19(21)22-10-11-26-23-20(16-27-30(22)23)24(31)29-14-12-28(13-15-29)17-18-6-2-1-3-7-18/h1-11,16H,12-15,17H2. The maximum absolute atomic E-state index is 13.2. The summed E-state index contributed by atoms with van der Waals surface area (Å²) in [7, 11) is 0. The summed E-state index contributed by atoms with van der Waals surface area (Å²) in [5.74, 6) is -0.0295. The fourth-order valence-electron chi connectivity index (χ4n) is 4.04. The Labute approximate surface area is 185 Å². The number of carbonyl (C=O) groups is 1. The Hall–Kier alpha value is -3.22. The fourth-order valence-corrected chi connectivity index (χ4v) is 4.27. The minimum Gasteiger partial charge on any atom is -0.336 e. The monoisotopic (exact) mass is 431 g/mol. The Morgan fingerprint density at radius 1 is 0.935 bits per heavy atom. The highest BCUT2D eigenvalue weighted by Gasteiger charge is 2.25. The number of benzene rings is 2. The van der Waals surface area contributed by atoms with Crippen molar-refractivity contribution >= 4 is 23.2 Å². The molecular formula is C24H22ClN5O. The first kappa shape index (κ1) is 19.7. The Morgan fingerprint density at radius 3 is 2.45 bits per heavy atom. The van der Waals surface area contributed by atoms with Gasteiger partial charge in [0.05, 0.1) is 11.9 Å². The molecule has 4 aromatic rings. The van der Waals surface area contributed by atoms with Gasteiger partial charge < -0.3 is 4.90 Å². The quantitative estimate of drug-likeness (QED) is 0.490. The highest BCUT2D eigenvalue weighted by molar-refractivity contribution is 6.33. The SMILES string of the molecule is O=C(c1cnn2c(-c3ccccc3Cl)ccnc12)N1CCN(Cc2ccccc2)CC1. The molecule has 1 aliphatic rings. The van der Waals surface area contributed by atoms with Crippen LogP contribution in [0.25, 0.3) is 16.9 Å². The summed E-state index contributed by atoms with van der Waals surface area (Å²) >= 11 is 6.38. The highest BCUT2D eigenvalue weighted by atomic mass is 35.5. The maximum atomic E-state index is 13.2. The molecule has 0 spiro atoms. The molecule has 1 fully saturated rings. The first-order chi connectivity index (χ1) is 15.2. The van der Waals surface area contributed by atoms with E-state index in [2.05, 4.69) is 39.2 Å². The number of hydrogen-bond donors (Lipinski definition) is 0. The molecule has 0 atom stereocenters. The lowest BCUT2D eigenvalue weighted by Crippen LogP contribution is -2.48. The zero-order chi connectivity index (χ0) is 21.2. The van der Waals surface area contributed by atoms with Gasteiger partial charge in [0, 0.05) is 49.5 Å². The van der Waals surface area contributed by atoms with Crippen LogP contribution in [0.15, 0.2) is 73.1 Å². The van der Waals surface area contributed by atoms with Crippen LogP contribution in [-0.4, -0.2) is 56.5 Å². The molecule has 6 nitrogen and oxygen atoms in total. The third kappa shape index (κ3) is 3.92. The van der Waals surface area contributed by atoms with Gasteiger partial charge in [-0.1, -0.05) is 60.1 Å². The highest BCUT2D eigenvalue weighted by Crippen LogP contribution is 2.28. The molecular weight excluding hydrogens is 410 g/mol. The number of aromatic nitrogens is 3. The molecule has 0 radical (unpaired) electrons. The average Bonchev–Trinajstić information content (AvgIpc) is 3.25. The van der Waals surface area contributed by atoms with E-state index in [0.717, 1.165) is 30.9 Å². The predicted octanol–water partition coefficient (Wildman–Crippen LogP) is 4.01. The van der Waals surface area contributed by atoms with Gasteiger partial charge in [-0.25, -0.2) is 9.50 Å². The fraction of sp³-hybridized carbons (Fsp3) is 0.208. The topological polar surface area (TPSA) is 53.7 Å². The van der Waals surface area contributed by atoms with Gasteiger partial charge in [-0.15, -0.1) is 0 Å². The summed E-state index contributed by atoms with van der Waals surface area (Å²) in [6.45, 7) is 3.97. The zero-order valence-corrected chi connectivity index (χ0v) is 17.7. The van der Waals surface area contributed by atoms with Crippen molar-refractivity contribution in [2.24, 2.45) is 0 Å². The second-order valence-corrected chi connectivity index (χ2v) is 8.06. The van der Waals surface area contributed by atoms with Crippen LogP contribution < -0.4 is 0 Å². The van der Waals surface area contributed by atoms with Crippen LogP contribution in [-0.2, 0) is 6.54 Å². The number of carbonyl (C=O) groups excluding carboxylic acids is 1. The number of nitrogens with zero attached hydrogens (tertiary/aromatic N) is 5. The van der Waals surface area contributed by atoms with Gasteiger partial charge in [-0.05, 0) is 17.7 Å².